The third-order valence-electron chi connectivity index (χ3n) is 5.43. The number of hydrogen-bond donors (Lipinski definition) is 1. The summed E-state index contributed by atoms with van der Waals surface area (Å²) in [6.45, 7) is 2.04. The van der Waals surface area contributed by atoms with Crippen LogP contribution in [0.4, 0.5) is 0 Å². The van der Waals surface area contributed by atoms with Crippen LogP contribution >= 0.6 is 24.0 Å². The average molecular weight is 427 g/mol. The molecule has 0 saturated carbocycles. The Morgan fingerprint density at radius 2 is 1.93 bits per heavy atom. The molecule has 1 aliphatic rings. The smallest absolute Gasteiger partial charge is 0.221 e. The standard InChI is InChI=1S/C24H23ClN2O.ClH/c1-15-10-16(8-9-17(15)14-24(26)28)11-19-13-23(18-4-2-5-20(25)12-18)27-22-7-3-6-21(19)22;/h2,4-5,8-10,12-13H,3,6-7,11,14H2,1H3,(H2,26,28);1H. The third kappa shape index (κ3) is 4.80. The first-order chi connectivity index (χ1) is 13.5. The van der Waals surface area contributed by atoms with Crippen LogP contribution in [0.25, 0.3) is 11.3 Å². The van der Waals surface area contributed by atoms with Gasteiger partial charge in [-0.2, -0.15) is 0 Å². The Morgan fingerprint density at radius 1 is 1.10 bits per heavy atom. The Balaban J connectivity index is 0.00000240. The lowest BCUT2D eigenvalue weighted by Gasteiger charge is -2.13. The maximum Gasteiger partial charge on any atom is 0.221 e. The highest BCUT2D eigenvalue weighted by Crippen LogP contribution is 2.31. The molecule has 0 bridgehead atoms. The molecule has 0 atom stereocenters. The van der Waals surface area contributed by atoms with Gasteiger partial charge in [0.05, 0.1) is 12.1 Å². The van der Waals surface area contributed by atoms with Crippen molar-refractivity contribution in [2.75, 3.05) is 0 Å². The van der Waals surface area contributed by atoms with E-state index < -0.39 is 0 Å². The van der Waals surface area contributed by atoms with Gasteiger partial charge in [0.15, 0.2) is 0 Å². The number of pyridine rings is 1. The van der Waals surface area contributed by atoms with E-state index in [1.807, 2.05) is 31.2 Å². The Hall–Kier alpha value is -2.36. The van der Waals surface area contributed by atoms with Gasteiger partial charge in [-0.1, -0.05) is 41.9 Å². The van der Waals surface area contributed by atoms with Gasteiger partial charge in [0, 0.05) is 16.3 Å². The predicted octanol–water partition coefficient (Wildman–Crippen LogP) is 5.24. The minimum Gasteiger partial charge on any atom is -0.369 e. The summed E-state index contributed by atoms with van der Waals surface area (Å²) in [5, 5.41) is 0.724. The molecular formula is C24H24Cl2N2O. The Morgan fingerprint density at radius 3 is 2.66 bits per heavy atom. The second-order valence-corrected chi connectivity index (χ2v) is 7.97. The summed E-state index contributed by atoms with van der Waals surface area (Å²) in [5.74, 6) is -0.297. The van der Waals surface area contributed by atoms with Gasteiger partial charge in [-0.05, 0) is 78.6 Å². The first kappa shape index (κ1) is 21.4. The van der Waals surface area contributed by atoms with Gasteiger partial charge in [-0.3, -0.25) is 9.78 Å². The summed E-state index contributed by atoms with van der Waals surface area (Å²) >= 11 is 6.19. The van der Waals surface area contributed by atoms with E-state index in [2.05, 4.69) is 24.3 Å². The molecule has 0 aliphatic heterocycles. The van der Waals surface area contributed by atoms with Crippen molar-refractivity contribution in [1.82, 2.24) is 4.98 Å². The zero-order valence-electron chi connectivity index (χ0n) is 16.4. The highest BCUT2D eigenvalue weighted by atomic mass is 35.5. The lowest BCUT2D eigenvalue weighted by atomic mass is 9.94. The van der Waals surface area contributed by atoms with Crippen molar-refractivity contribution in [1.29, 1.82) is 0 Å². The second kappa shape index (κ2) is 8.98. The van der Waals surface area contributed by atoms with Crippen LogP contribution in [0, 0.1) is 6.92 Å². The maximum atomic E-state index is 11.2. The molecule has 0 spiro atoms. The number of primary amides is 1. The number of hydrogen-bond acceptors (Lipinski definition) is 2. The van der Waals surface area contributed by atoms with E-state index >= 15 is 0 Å². The van der Waals surface area contributed by atoms with Crippen molar-refractivity contribution < 1.29 is 4.79 Å². The summed E-state index contributed by atoms with van der Waals surface area (Å²) in [4.78, 5) is 16.1. The molecule has 1 amide bonds. The van der Waals surface area contributed by atoms with Crippen molar-refractivity contribution in [3.63, 3.8) is 0 Å². The molecule has 150 valence electrons. The van der Waals surface area contributed by atoms with Crippen molar-refractivity contribution in [3.8, 4) is 11.3 Å². The van der Waals surface area contributed by atoms with Crippen LogP contribution in [0.3, 0.4) is 0 Å². The number of aromatic nitrogens is 1. The zero-order chi connectivity index (χ0) is 19.7. The zero-order valence-corrected chi connectivity index (χ0v) is 17.9. The molecule has 29 heavy (non-hydrogen) atoms. The minimum atomic E-state index is -0.297. The number of aryl methyl sites for hydroxylation is 2. The molecule has 1 aliphatic carbocycles. The van der Waals surface area contributed by atoms with Gasteiger partial charge in [0.25, 0.3) is 0 Å². The van der Waals surface area contributed by atoms with Crippen LogP contribution in [0.1, 0.15) is 39.9 Å². The molecule has 0 radical (unpaired) electrons. The van der Waals surface area contributed by atoms with Gasteiger partial charge >= 0.3 is 0 Å². The van der Waals surface area contributed by atoms with E-state index in [-0.39, 0.29) is 24.7 Å². The number of rotatable bonds is 5. The first-order valence-electron chi connectivity index (χ1n) is 9.64. The number of halogens is 2. The molecule has 1 aromatic heterocycles. The monoisotopic (exact) mass is 426 g/mol. The van der Waals surface area contributed by atoms with Crippen LogP contribution in [-0.2, 0) is 30.5 Å². The predicted molar refractivity (Wildman–Crippen MR) is 121 cm³/mol. The minimum absolute atomic E-state index is 0. The average Bonchev–Trinajstić information content (AvgIpc) is 3.12. The van der Waals surface area contributed by atoms with Crippen molar-refractivity contribution in [2.24, 2.45) is 5.73 Å². The van der Waals surface area contributed by atoms with Crippen LogP contribution in [0.15, 0.2) is 48.5 Å². The summed E-state index contributed by atoms with van der Waals surface area (Å²) in [6, 6.07) is 16.4. The van der Waals surface area contributed by atoms with Gasteiger partial charge < -0.3 is 5.73 Å². The number of fused-ring (bicyclic) bond motifs is 1. The Bertz CT molecular complexity index is 1060. The molecule has 0 unspecified atom stereocenters. The van der Waals surface area contributed by atoms with E-state index in [1.165, 1.54) is 22.4 Å². The molecule has 4 rings (SSSR count). The molecular weight excluding hydrogens is 403 g/mol. The molecule has 3 aromatic rings. The Labute approximate surface area is 182 Å². The molecule has 0 saturated heterocycles. The van der Waals surface area contributed by atoms with E-state index in [4.69, 9.17) is 22.3 Å². The fourth-order valence-electron chi connectivity index (χ4n) is 4.05. The van der Waals surface area contributed by atoms with E-state index in [1.54, 1.807) is 0 Å². The van der Waals surface area contributed by atoms with Gasteiger partial charge in [0.1, 0.15) is 0 Å². The second-order valence-electron chi connectivity index (χ2n) is 7.54. The van der Waals surface area contributed by atoms with Crippen LogP contribution in [0.5, 0.6) is 0 Å². The lowest BCUT2D eigenvalue weighted by molar-refractivity contribution is -0.117. The summed E-state index contributed by atoms with van der Waals surface area (Å²) in [5.41, 5.74) is 14.7. The fourth-order valence-corrected chi connectivity index (χ4v) is 4.24. The first-order valence-corrected chi connectivity index (χ1v) is 10.0. The maximum absolute atomic E-state index is 11.2. The fraction of sp³-hybridized carbons (Fsp3) is 0.250. The van der Waals surface area contributed by atoms with Gasteiger partial charge in [-0.15, -0.1) is 12.4 Å². The van der Waals surface area contributed by atoms with Crippen LogP contribution < -0.4 is 5.73 Å². The van der Waals surface area contributed by atoms with Crippen molar-refractivity contribution >= 4 is 29.9 Å². The largest absolute Gasteiger partial charge is 0.369 e. The van der Waals surface area contributed by atoms with Gasteiger partial charge in [0.2, 0.25) is 5.91 Å². The Kier molecular flexibility index (Phi) is 6.61. The SMILES string of the molecule is Cc1cc(Cc2cc(-c3cccc(Cl)c3)nc3c2CCC3)ccc1CC(N)=O.Cl. The number of benzene rings is 2. The topological polar surface area (TPSA) is 56.0 Å². The van der Waals surface area contributed by atoms with E-state index in [0.29, 0.717) is 0 Å². The highest BCUT2D eigenvalue weighted by molar-refractivity contribution is 6.30. The van der Waals surface area contributed by atoms with E-state index in [9.17, 15) is 4.79 Å². The van der Waals surface area contributed by atoms with Gasteiger partial charge in [-0.25, -0.2) is 0 Å². The highest BCUT2D eigenvalue weighted by Gasteiger charge is 2.19. The summed E-state index contributed by atoms with van der Waals surface area (Å²) in [7, 11) is 0. The molecule has 2 aromatic carbocycles. The summed E-state index contributed by atoms with van der Waals surface area (Å²) in [6.07, 6.45) is 4.43. The van der Waals surface area contributed by atoms with Crippen molar-refractivity contribution in [2.45, 2.75) is 39.0 Å². The number of carbonyl (C=O) groups excluding carboxylic acids is 1. The normalized spacial score (nSPS) is 12.3. The molecule has 5 heteroatoms. The number of carbonyl (C=O) groups is 1. The number of nitrogens with two attached hydrogens (primary N) is 1. The lowest BCUT2D eigenvalue weighted by Crippen LogP contribution is -2.14. The molecule has 0 fully saturated rings. The van der Waals surface area contributed by atoms with Crippen molar-refractivity contribution in [3.05, 3.63) is 87.1 Å². The molecule has 2 N–H and O–H groups in total. The number of nitrogens with zero attached hydrogens (tertiary/aromatic N) is 1. The van der Waals surface area contributed by atoms with E-state index in [0.717, 1.165) is 53.1 Å². The third-order valence-corrected chi connectivity index (χ3v) is 5.66. The molecule has 3 nitrogen and oxygen atoms in total. The van der Waals surface area contributed by atoms with Crippen LogP contribution in [-0.4, -0.2) is 10.9 Å². The molecule has 1 heterocycles. The number of amides is 1. The van der Waals surface area contributed by atoms with Crippen LogP contribution in [0.2, 0.25) is 5.02 Å². The quantitative estimate of drug-likeness (QED) is 0.606. The summed E-state index contributed by atoms with van der Waals surface area (Å²) < 4.78 is 0.